The molecule has 0 fully saturated rings. The molecule has 108 valence electrons. The molecule has 1 atom stereocenters. The lowest BCUT2D eigenvalue weighted by Crippen LogP contribution is -2.51. The van der Waals surface area contributed by atoms with Gasteiger partial charge in [-0.05, 0) is 37.5 Å². The summed E-state index contributed by atoms with van der Waals surface area (Å²) in [5, 5.41) is 0.390. The van der Waals surface area contributed by atoms with E-state index >= 15 is 0 Å². The fourth-order valence-electron chi connectivity index (χ4n) is 2.09. The van der Waals surface area contributed by atoms with Crippen molar-refractivity contribution in [1.82, 2.24) is 4.72 Å². The number of sulfonamides is 1. The minimum Gasteiger partial charge on any atom is -0.329 e. The first kappa shape index (κ1) is 16.4. The Morgan fingerprint density at radius 2 is 2.05 bits per heavy atom. The van der Waals surface area contributed by atoms with Gasteiger partial charge in [-0.3, -0.25) is 0 Å². The largest absolute Gasteiger partial charge is 0.329 e. The summed E-state index contributed by atoms with van der Waals surface area (Å²) in [5.74, 6) is 0.343. The highest BCUT2D eigenvalue weighted by atomic mass is 35.5. The molecule has 0 bridgehead atoms. The Morgan fingerprint density at radius 3 is 2.53 bits per heavy atom. The van der Waals surface area contributed by atoms with E-state index < -0.39 is 15.6 Å². The van der Waals surface area contributed by atoms with Crippen LogP contribution in [0.1, 0.15) is 27.2 Å². The van der Waals surface area contributed by atoms with E-state index in [9.17, 15) is 8.42 Å². The third kappa shape index (κ3) is 4.76. The number of nitrogens with two attached hydrogens (primary N) is 1. The summed E-state index contributed by atoms with van der Waals surface area (Å²) >= 11 is 5.82. The van der Waals surface area contributed by atoms with Gasteiger partial charge in [0, 0.05) is 17.1 Å². The quantitative estimate of drug-likeness (QED) is 0.847. The molecule has 0 aliphatic rings. The Bertz CT molecular complexity index is 531. The van der Waals surface area contributed by atoms with E-state index in [-0.39, 0.29) is 11.4 Å². The SMILES string of the molecule is CC(C)CC(C)(CN)NS(=O)(=O)c1cccc(Cl)c1. The fourth-order valence-corrected chi connectivity index (χ4v) is 3.81. The average Bonchev–Trinajstić information content (AvgIpc) is 2.27. The molecule has 0 aromatic heterocycles. The molecule has 0 saturated heterocycles. The van der Waals surface area contributed by atoms with Gasteiger partial charge in [-0.15, -0.1) is 0 Å². The molecular weight excluding hydrogens is 284 g/mol. The monoisotopic (exact) mass is 304 g/mol. The number of benzene rings is 1. The van der Waals surface area contributed by atoms with Crippen LogP contribution in [0, 0.1) is 5.92 Å². The highest BCUT2D eigenvalue weighted by molar-refractivity contribution is 7.89. The van der Waals surface area contributed by atoms with Gasteiger partial charge in [-0.1, -0.05) is 31.5 Å². The smallest absolute Gasteiger partial charge is 0.241 e. The van der Waals surface area contributed by atoms with E-state index in [4.69, 9.17) is 17.3 Å². The lowest BCUT2D eigenvalue weighted by molar-refractivity contribution is 0.344. The first-order valence-electron chi connectivity index (χ1n) is 6.18. The molecule has 0 heterocycles. The van der Waals surface area contributed by atoms with E-state index in [0.717, 1.165) is 0 Å². The van der Waals surface area contributed by atoms with Crippen LogP contribution in [0.15, 0.2) is 29.2 Å². The van der Waals surface area contributed by atoms with Crippen LogP contribution in [0.25, 0.3) is 0 Å². The van der Waals surface area contributed by atoms with Gasteiger partial charge in [0.1, 0.15) is 0 Å². The zero-order valence-electron chi connectivity index (χ0n) is 11.5. The molecule has 19 heavy (non-hydrogen) atoms. The van der Waals surface area contributed by atoms with Gasteiger partial charge in [-0.2, -0.15) is 0 Å². The van der Waals surface area contributed by atoms with Gasteiger partial charge in [0.15, 0.2) is 0 Å². The summed E-state index contributed by atoms with van der Waals surface area (Å²) in [7, 11) is -3.61. The summed E-state index contributed by atoms with van der Waals surface area (Å²) in [4.78, 5) is 0.156. The molecule has 1 rings (SSSR count). The van der Waals surface area contributed by atoms with Crippen LogP contribution in [0.2, 0.25) is 5.02 Å². The van der Waals surface area contributed by atoms with Gasteiger partial charge in [-0.25, -0.2) is 13.1 Å². The number of nitrogens with one attached hydrogen (secondary N) is 1. The molecule has 0 aliphatic carbocycles. The van der Waals surface area contributed by atoms with Gasteiger partial charge < -0.3 is 5.73 Å². The van der Waals surface area contributed by atoms with Crippen molar-refractivity contribution in [3.8, 4) is 0 Å². The van der Waals surface area contributed by atoms with Crippen LogP contribution in [0.3, 0.4) is 0 Å². The number of hydrogen-bond donors (Lipinski definition) is 2. The molecular formula is C13H21ClN2O2S. The standard InChI is InChI=1S/C13H21ClN2O2S/c1-10(2)8-13(3,9-15)16-19(17,18)12-6-4-5-11(14)7-12/h4-7,10,16H,8-9,15H2,1-3H3. The van der Waals surface area contributed by atoms with Crippen molar-refractivity contribution in [2.45, 2.75) is 37.6 Å². The Kier molecular flexibility index (Phi) is 5.38. The maximum absolute atomic E-state index is 12.3. The molecule has 1 aromatic rings. The predicted molar refractivity (Wildman–Crippen MR) is 78.7 cm³/mol. The molecule has 0 aliphatic heterocycles. The Balaban J connectivity index is 3.01. The van der Waals surface area contributed by atoms with Crippen LogP contribution in [-0.2, 0) is 10.0 Å². The van der Waals surface area contributed by atoms with E-state index in [1.165, 1.54) is 12.1 Å². The first-order chi connectivity index (χ1) is 8.68. The van der Waals surface area contributed by atoms with Crippen molar-refractivity contribution in [2.24, 2.45) is 11.7 Å². The normalized spacial score (nSPS) is 15.5. The lowest BCUT2D eigenvalue weighted by Gasteiger charge is -2.30. The van der Waals surface area contributed by atoms with E-state index in [0.29, 0.717) is 17.4 Å². The molecule has 3 N–H and O–H groups in total. The number of rotatable bonds is 6. The van der Waals surface area contributed by atoms with Gasteiger partial charge in [0.25, 0.3) is 0 Å². The van der Waals surface area contributed by atoms with Gasteiger partial charge in [0.2, 0.25) is 10.0 Å². The van der Waals surface area contributed by atoms with Crippen LogP contribution in [0.5, 0.6) is 0 Å². The third-order valence-corrected chi connectivity index (χ3v) is 4.67. The number of halogens is 1. The van der Waals surface area contributed by atoms with Crippen molar-refractivity contribution in [1.29, 1.82) is 0 Å². The molecule has 6 heteroatoms. The highest BCUT2D eigenvalue weighted by Gasteiger charge is 2.30. The molecule has 1 aromatic carbocycles. The van der Waals surface area contributed by atoms with Crippen LogP contribution < -0.4 is 10.5 Å². The fraction of sp³-hybridized carbons (Fsp3) is 0.538. The van der Waals surface area contributed by atoms with Crippen molar-refractivity contribution < 1.29 is 8.42 Å². The maximum Gasteiger partial charge on any atom is 0.241 e. The third-order valence-electron chi connectivity index (χ3n) is 2.80. The summed E-state index contributed by atoms with van der Waals surface area (Å²) in [6, 6.07) is 6.19. The topological polar surface area (TPSA) is 72.2 Å². The van der Waals surface area contributed by atoms with Crippen molar-refractivity contribution >= 4 is 21.6 Å². The summed E-state index contributed by atoms with van der Waals surface area (Å²) in [5.41, 5.74) is 5.06. The van der Waals surface area contributed by atoms with E-state index in [1.54, 1.807) is 12.1 Å². The zero-order chi connectivity index (χ0) is 14.7. The van der Waals surface area contributed by atoms with Gasteiger partial charge in [0.05, 0.1) is 4.90 Å². The van der Waals surface area contributed by atoms with E-state index in [1.807, 2.05) is 20.8 Å². The number of hydrogen-bond acceptors (Lipinski definition) is 3. The Hall–Kier alpha value is -0.620. The van der Waals surface area contributed by atoms with Crippen LogP contribution in [0.4, 0.5) is 0 Å². The molecule has 0 amide bonds. The second-order valence-electron chi connectivity index (χ2n) is 5.43. The lowest BCUT2D eigenvalue weighted by atomic mass is 9.92. The molecule has 1 unspecified atom stereocenters. The second kappa shape index (κ2) is 6.22. The molecule has 0 spiro atoms. The maximum atomic E-state index is 12.3. The minimum absolute atomic E-state index is 0.156. The van der Waals surface area contributed by atoms with Crippen molar-refractivity contribution in [3.63, 3.8) is 0 Å². The second-order valence-corrected chi connectivity index (χ2v) is 7.54. The predicted octanol–water partition coefficient (Wildman–Crippen LogP) is 2.38. The van der Waals surface area contributed by atoms with Crippen molar-refractivity contribution in [2.75, 3.05) is 6.54 Å². The van der Waals surface area contributed by atoms with E-state index in [2.05, 4.69) is 4.72 Å². The first-order valence-corrected chi connectivity index (χ1v) is 8.04. The average molecular weight is 305 g/mol. The molecule has 0 radical (unpaired) electrons. The summed E-state index contributed by atoms with van der Waals surface area (Å²) < 4.78 is 27.3. The van der Waals surface area contributed by atoms with Crippen molar-refractivity contribution in [3.05, 3.63) is 29.3 Å². The van der Waals surface area contributed by atoms with Crippen LogP contribution in [-0.4, -0.2) is 20.5 Å². The summed E-state index contributed by atoms with van der Waals surface area (Å²) in [6.07, 6.45) is 0.670. The molecule has 4 nitrogen and oxygen atoms in total. The minimum atomic E-state index is -3.61. The molecule has 0 saturated carbocycles. The summed E-state index contributed by atoms with van der Waals surface area (Å²) in [6.45, 7) is 6.11. The highest BCUT2D eigenvalue weighted by Crippen LogP contribution is 2.21. The Labute approximate surface area is 120 Å². The Morgan fingerprint density at radius 1 is 1.42 bits per heavy atom. The zero-order valence-corrected chi connectivity index (χ0v) is 13.1. The van der Waals surface area contributed by atoms with Gasteiger partial charge >= 0.3 is 0 Å². The van der Waals surface area contributed by atoms with Crippen LogP contribution >= 0.6 is 11.6 Å².